The van der Waals surface area contributed by atoms with Gasteiger partial charge in [0, 0.05) is 31.5 Å². The summed E-state index contributed by atoms with van der Waals surface area (Å²) < 4.78 is 5.39. The first-order chi connectivity index (χ1) is 12.2. The van der Waals surface area contributed by atoms with Crippen LogP contribution in [-0.2, 0) is 16.0 Å². The number of likely N-dealkylation sites (tertiary alicyclic amines) is 1. The maximum absolute atomic E-state index is 12.1. The number of pyridine rings is 1. The number of hydroxylamine groups is 2. The van der Waals surface area contributed by atoms with Crippen LogP contribution in [0.25, 0.3) is 0 Å². The van der Waals surface area contributed by atoms with Crippen LogP contribution in [0.3, 0.4) is 0 Å². The highest BCUT2D eigenvalue weighted by Crippen LogP contribution is 2.22. The molecule has 1 fully saturated rings. The van der Waals surface area contributed by atoms with Gasteiger partial charge in [0.2, 0.25) is 0 Å². The Hall–Kier alpha value is -2.15. The molecule has 0 unspecified atom stereocenters. The molecule has 0 saturated carbocycles. The number of ether oxygens (including phenoxy) is 1. The highest BCUT2D eigenvalue weighted by Gasteiger charge is 2.27. The van der Waals surface area contributed by atoms with E-state index in [9.17, 15) is 14.8 Å². The molecule has 2 heterocycles. The Bertz CT molecular complexity index is 593. The van der Waals surface area contributed by atoms with E-state index >= 15 is 0 Å². The predicted octanol–water partition coefficient (Wildman–Crippen LogP) is 2.88. The van der Waals surface area contributed by atoms with Gasteiger partial charge in [0.1, 0.15) is 5.60 Å². The van der Waals surface area contributed by atoms with Crippen molar-refractivity contribution in [3.05, 3.63) is 30.1 Å². The molecule has 0 bridgehead atoms. The van der Waals surface area contributed by atoms with E-state index in [-0.39, 0.29) is 18.4 Å². The molecule has 1 saturated heterocycles. The van der Waals surface area contributed by atoms with E-state index in [0.29, 0.717) is 37.7 Å². The summed E-state index contributed by atoms with van der Waals surface area (Å²) in [4.78, 5) is 29.9. The number of aromatic nitrogens is 1. The molecule has 2 amide bonds. The number of amides is 2. The number of piperidine rings is 1. The minimum absolute atomic E-state index is 0.0917. The van der Waals surface area contributed by atoms with E-state index in [1.165, 1.54) is 0 Å². The highest BCUT2D eigenvalue weighted by molar-refractivity contribution is 5.77. The van der Waals surface area contributed by atoms with Gasteiger partial charge >= 0.3 is 6.09 Å². The highest BCUT2D eigenvalue weighted by atomic mass is 16.6. The Balaban J connectivity index is 1.69. The van der Waals surface area contributed by atoms with E-state index in [2.05, 4.69) is 4.98 Å². The summed E-state index contributed by atoms with van der Waals surface area (Å²) in [6, 6.07) is 5.36. The molecule has 26 heavy (non-hydrogen) atoms. The van der Waals surface area contributed by atoms with Gasteiger partial charge in [-0.15, -0.1) is 0 Å². The van der Waals surface area contributed by atoms with Crippen LogP contribution in [0.4, 0.5) is 4.79 Å². The number of nitrogens with zero attached hydrogens (tertiary/aromatic N) is 3. The summed E-state index contributed by atoms with van der Waals surface area (Å²) in [5, 5.41) is 10.7. The van der Waals surface area contributed by atoms with Crippen molar-refractivity contribution in [2.45, 2.75) is 52.1 Å². The fourth-order valence-electron chi connectivity index (χ4n) is 2.91. The van der Waals surface area contributed by atoms with Crippen molar-refractivity contribution in [2.75, 3.05) is 19.6 Å². The summed E-state index contributed by atoms with van der Waals surface area (Å²) in [6.07, 6.45) is 3.86. The molecule has 0 aromatic carbocycles. The lowest BCUT2D eigenvalue weighted by molar-refractivity contribution is -0.165. The van der Waals surface area contributed by atoms with Gasteiger partial charge in [-0.05, 0) is 58.1 Å². The van der Waals surface area contributed by atoms with Crippen molar-refractivity contribution in [1.29, 1.82) is 0 Å². The zero-order chi connectivity index (χ0) is 19.2. The molecule has 144 valence electrons. The minimum Gasteiger partial charge on any atom is -0.444 e. The Labute approximate surface area is 154 Å². The van der Waals surface area contributed by atoms with Gasteiger partial charge in [0.25, 0.3) is 5.91 Å². The normalized spacial score (nSPS) is 15.6. The van der Waals surface area contributed by atoms with Crippen LogP contribution in [0.1, 0.15) is 45.7 Å². The van der Waals surface area contributed by atoms with Crippen LogP contribution in [-0.4, -0.2) is 57.4 Å². The van der Waals surface area contributed by atoms with Crippen molar-refractivity contribution < 1.29 is 19.5 Å². The first-order valence-electron chi connectivity index (χ1n) is 9.11. The third-order valence-corrected chi connectivity index (χ3v) is 4.36. The number of carbonyl (C=O) groups excluding carboxylic acids is 2. The van der Waals surface area contributed by atoms with Crippen molar-refractivity contribution in [3.8, 4) is 0 Å². The topological polar surface area (TPSA) is 83.0 Å². The zero-order valence-corrected chi connectivity index (χ0v) is 15.9. The molecule has 0 atom stereocenters. The van der Waals surface area contributed by atoms with Gasteiger partial charge in [0.15, 0.2) is 0 Å². The fourth-order valence-corrected chi connectivity index (χ4v) is 2.91. The first kappa shape index (κ1) is 20.2. The largest absolute Gasteiger partial charge is 0.444 e. The molecule has 7 nitrogen and oxygen atoms in total. The Morgan fingerprint density at radius 3 is 2.58 bits per heavy atom. The molecule has 7 heteroatoms. The number of hydrogen-bond acceptors (Lipinski definition) is 5. The first-order valence-corrected chi connectivity index (χ1v) is 9.11. The molecule has 1 aromatic rings. The van der Waals surface area contributed by atoms with Gasteiger partial charge in [-0.3, -0.25) is 15.0 Å². The SMILES string of the molecule is CC(C)(C)OC(=O)N1CCC(CCN(O)C(=O)Cc2ccccn2)CC1. The average Bonchev–Trinajstić information content (AvgIpc) is 2.59. The molecule has 0 radical (unpaired) electrons. The van der Waals surface area contributed by atoms with Crippen LogP contribution in [0.15, 0.2) is 24.4 Å². The van der Waals surface area contributed by atoms with Gasteiger partial charge < -0.3 is 9.64 Å². The van der Waals surface area contributed by atoms with Gasteiger partial charge in [-0.2, -0.15) is 0 Å². The fraction of sp³-hybridized carbons (Fsp3) is 0.632. The lowest BCUT2D eigenvalue weighted by Gasteiger charge is -2.33. The second-order valence-corrected chi connectivity index (χ2v) is 7.71. The lowest BCUT2D eigenvalue weighted by Crippen LogP contribution is -2.42. The Morgan fingerprint density at radius 2 is 2.00 bits per heavy atom. The summed E-state index contributed by atoms with van der Waals surface area (Å²) in [7, 11) is 0. The molecular weight excluding hydrogens is 334 g/mol. The molecule has 1 aliphatic rings. The molecule has 1 N–H and O–H groups in total. The maximum atomic E-state index is 12.1. The smallest absolute Gasteiger partial charge is 0.410 e. The van der Waals surface area contributed by atoms with E-state index in [1.54, 1.807) is 23.2 Å². The van der Waals surface area contributed by atoms with Crippen LogP contribution in [0.2, 0.25) is 0 Å². The van der Waals surface area contributed by atoms with Gasteiger partial charge in [0.05, 0.1) is 6.42 Å². The maximum Gasteiger partial charge on any atom is 0.410 e. The van der Waals surface area contributed by atoms with E-state index in [0.717, 1.165) is 17.9 Å². The molecule has 0 aliphatic carbocycles. The van der Waals surface area contributed by atoms with Crippen molar-refractivity contribution >= 4 is 12.0 Å². The van der Waals surface area contributed by atoms with Crippen LogP contribution >= 0.6 is 0 Å². The van der Waals surface area contributed by atoms with Crippen LogP contribution in [0.5, 0.6) is 0 Å². The van der Waals surface area contributed by atoms with Gasteiger partial charge in [-0.25, -0.2) is 9.86 Å². The molecular formula is C19H29N3O4. The molecule has 0 spiro atoms. The zero-order valence-electron chi connectivity index (χ0n) is 15.9. The van der Waals surface area contributed by atoms with E-state index in [4.69, 9.17) is 4.74 Å². The molecule has 1 aliphatic heterocycles. The third kappa shape index (κ3) is 6.63. The Kier molecular flexibility index (Phi) is 6.97. The number of carbonyl (C=O) groups is 2. The third-order valence-electron chi connectivity index (χ3n) is 4.36. The van der Waals surface area contributed by atoms with E-state index < -0.39 is 5.60 Å². The summed E-state index contributed by atoms with van der Waals surface area (Å²) in [6.45, 7) is 7.16. The van der Waals surface area contributed by atoms with Gasteiger partial charge in [-0.1, -0.05) is 6.07 Å². The van der Waals surface area contributed by atoms with Crippen LogP contribution < -0.4 is 0 Å². The molecule has 1 aromatic heterocycles. The van der Waals surface area contributed by atoms with Crippen molar-refractivity contribution in [3.63, 3.8) is 0 Å². The summed E-state index contributed by atoms with van der Waals surface area (Å²) in [5.74, 6) is 0.0286. The summed E-state index contributed by atoms with van der Waals surface area (Å²) >= 11 is 0. The lowest BCUT2D eigenvalue weighted by atomic mass is 9.93. The average molecular weight is 363 g/mol. The van der Waals surface area contributed by atoms with Crippen LogP contribution in [0, 0.1) is 5.92 Å². The van der Waals surface area contributed by atoms with Crippen molar-refractivity contribution in [1.82, 2.24) is 14.9 Å². The summed E-state index contributed by atoms with van der Waals surface area (Å²) in [5.41, 5.74) is 0.154. The van der Waals surface area contributed by atoms with Crippen molar-refractivity contribution in [2.24, 2.45) is 5.92 Å². The molecule has 2 rings (SSSR count). The predicted molar refractivity (Wildman–Crippen MR) is 96.6 cm³/mol. The standard InChI is InChI=1S/C19H29N3O4/c1-19(2,3)26-18(24)21-11-7-15(8-12-21)9-13-22(25)17(23)14-16-6-4-5-10-20-16/h4-6,10,15,25H,7-9,11-14H2,1-3H3. The van der Waals surface area contributed by atoms with E-state index in [1.807, 2.05) is 26.8 Å². The number of hydrogen-bond donors (Lipinski definition) is 1. The minimum atomic E-state index is -0.487. The number of rotatable bonds is 5. The Morgan fingerprint density at radius 1 is 1.31 bits per heavy atom. The second kappa shape index (κ2) is 8.98. The second-order valence-electron chi connectivity index (χ2n) is 7.71. The quantitative estimate of drug-likeness (QED) is 0.642. The monoisotopic (exact) mass is 363 g/mol.